The standard InChI is InChI=1S/C12H18N2/c1-4-6-7-8-12-9-11(5-2)13-10(3)14-12/h4,6-9,11H,5H2,1-3H3,(H,13,14)/b6-4?,8-7-. The predicted molar refractivity (Wildman–Crippen MR) is 62.4 cm³/mol. The van der Waals surface area contributed by atoms with E-state index in [4.69, 9.17) is 0 Å². The van der Waals surface area contributed by atoms with Crippen LogP contribution in [-0.2, 0) is 0 Å². The van der Waals surface area contributed by atoms with Crippen molar-refractivity contribution in [1.29, 1.82) is 0 Å². The average Bonchev–Trinajstić information content (AvgIpc) is 2.17. The lowest BCUT2D eigenvalue weighted by Gasteiger charge is -2.17. The molecule has 0 aliphatic carbocycles. The summed E-state index contributed by atoms with van der Waals surface area (Å²) in [6.45, 7) is 6.16. The van der Waals surface area contributed by atoms with Crippen molar-refractivity contribution < 1.29 is 0 Å². The second kappa shape index (κ2) is 5.43. The van der Waals surface area contributed by atoms with Gasteiger partial charge in [-0.15, -0.1) is 0 Å². The van der Waals surface area contributed by atoms with Crippen molar-refractivity contribution in [2.45, 2.75) is 33.2 Å². The molecule has 0 aromatic rings. The fraction of sp³-hybridized carbons (Fsp3) is 0.417. The van der Waals surface area contributed by atoms with E-state index in [1.165, 1.54) is 0 Å². The van der Waals surface area contributed by atoms with E-state index in [1.807, 2.05) is 32.1 Å². The Balaban J connectivity index is 2.66. The van der Waals surface area contributed by atoms with Gasteiger partial charge in [-0.2, -0.15) is 0 Å². The van der Waals surface area contributed by atoms with Crippen LogP contribution >= 0.6 is 0 Å². The summed E-state index contributed by atoms with van der Waals surface area (Å²) in [6, 6.07) is 0.335. The summed E-state index contributed by atoms with van der Waals surface area (Å²) >= 11 is 0. The number of allylic oxidation sites excluding steroid dienone is 4. The molecular formula is C12H18N2. The lowest BCUT2D eigenvalue weighted by Crippen LogP contribution is -2.26. The molecule has 1 N–H and O–H groups in total. The molecule has 0 bridgehead atoms. The number of rotatable bonds is 3. The summed E-state index contributed by atoms with van der Waals surface area (Å²) in [4.78, 5) is 4.46. The second-order valence-corrected chi connectivity index (χ2v) is 3.32. The molecule has 1 aliphatic rings. The lowest BCUT2D eigenvalue weighted by atomic mass is 10.1. The summed E-state index contributed by atoms with van der Waals surface area (Å²) in [7, 11) is 0. The molecule has 0 aromatic carbocycles. The van der Waals surface area contributed by atoms with E-state index < -0.39 is 0 Å². The third-order valence-electron chi connectivity index (χ3n) is 2.05. The molecule has 76 valence electrons. The quantitative estimate of drug-likeness (QED) is 0.680. The minimum atomic E-state index is 0.335. The average molecular weight is 190 g/mol. The van der Waals surface area contributed by atoms with Gasteiger partial charge in [-0.1, -0.05) is 25.2 Å². The maximum absolute atomic E-state index is 4.46. The van der Waals surface area contributed by atoms with Crippen LogP contribution in [0.2, 0.25) is 0 Å². The molecule has 0 saturated carbocycles. The molecule has 1 aliphatic heterocycles. The molecule has 1 atom stereocenters. The molecule has 2 nitrogen and oxygen atoms in total. The Hall–Kier alpha value is -1.31. The first kappa shape index (κ1) is 10.8. The van der Waals surface area contributed by atoms with Crippen molar-refractivity contribution in [3.63, 3.8) is 0 Å². The molecule has 0 amide bonds. The monoisotopic (exact) mass is 190 g/mol. The van der Waals surface area contributed by atoms with Gasteiger partial charge in [-0.3, -0.25) is 4.99 Å². The summed E-state index contributed by atoms with van der Waals surface area (Å²) < 4.78 is 0. The van der Waals surface area contributed by atoms with E-state index in [2.05, 4.69) is 29.4 Å². The van der Waals surface area contributed by atoms with Gasteiger partial charge >= 0.3 is 0 Å². The minimum absolute atomic E-state index is 0.335. The number of aliphatic imine (C=N–C) groups is 1. The second-order valence-electron chi connectivity index (χ2n) is 3.32. The zero-order valence-electron chi connectivity index (χ0n) is 9.12. The SMILES string of the molecule is CC=C/C=C\C1=CC(CC)N=C(C)N1. The highest BCUT2D eigenvalue weighted by Crippen LogP contribution is 2.09. The fourth-order valence-electron chi connectivity index (χ4n) is 1.35. The van der Waals surface area contributed by atoms with E-state index in [9.17, 15) is 0 Å². The van der Waals surface area contributed by atoms with E-state index in [0.29, 0.717) is 6.04 Å². The first-order valence-corrected chi connectivity index (χ1v) is 5.09. The molecule has 0 fully saturated rings. The van der Waals surface area contributed by atoms with E-state index in [-0.39, 0.29) is 0 Å². The topological polar surface area (TPSA) is 24.4 Å². The summed E-state index contributed by atoms with van der Waals surface area (Å²) in [5.41, 5.74) is 1.14. The van der Waals surface area contributed by atoms with Gasteiger partial charge < -0.3 is 5.32 Å². The Kier molecular flexibility index (Phi) is 4.17. The van der Waals surface area contributed by atoms with Gasteiger partial charge in [0.05, 0.1) is 11.9 Å². The van der Waals surface area contributed by atoms with E-state index in [0.717, 1.165) is 18.0 Å². The molecule has 0 spiro atoms. The normalized spacial score (nSPS) is 22.4. The third kappa shape index (κ3) is 3.21. The molecule has 2 heteroatoms. The molecule has 0 aromatic heterocycles. The van der Waals surface area contributed by atoms with Crippen molar-refractivity contribution in [1.82, 2.24) is 5.32 Å². The first-order chi connectivity index (χ1) is 6.76. The van der Waals surface area contributed by atoms with Gasteiger partial charge in [0.25, 0.3) is 0 Å². The number of amidine groups is 1. The Morgan fingerprint density at radius 3 is 2.93 bits per heavy atom. The van der Waals surface area contributed by atoms with Crippen LogP contribution in [0.1, 0.15) is 27.2 Å². The summed E-state index contributed by atoms with van der Waals surface area (Å²) in [5.74, 6) is 1.000. The van der Waals surface area contributed by atoms with Crippen LogP contribution in [0, 0.1) is 0 Å². The Bertz CT molecular complexity index is 295. The highest BCUT2D eigenvalue weighted by Gasteiger charge is 2.08. The van der Waals surface area contributed by atoms with Crippen molar-refractivity contribution in [3.8, 4) is 0 Å². The maximum Gasteiger partial charge on any atom is 0.0982 e. The number of hydrogen-bond acceptors (Lipinski definition) is 2. The van der Waals surface area contributed by atoms with Crippen LogP contribution in [0.25, 0.3) is 0 Å². The van der Waals surface area contributed by atoms with Crippen LogP contribution in [0.4, 0.5) is 0 Å². The van der Waals surface area contributed by atoms with Gasteiger partial charge in [-0.05, 0) is 32.4 Å². The minimum Gasteiger partial charge on any atom is -0.344 e. The predicted octanol–water partition coefficient (Wildman–Crippen LogP) is 2.80. The maximum atomic E-state index is 4.46. The van der Waals surface area contributed by atoms with Crippen LogP contribution in [0.5, 0.6) is 0 Å². The van der Waals surface area contributed by atoms with Crippen molar-refractivity contribution in [2.75, 3.05) is 0 Å². The van der Waals surface area contributed by atoms with E-state index >= 15 is 0 Å². The van der Waals surface area contributed by atoms with Crippen LogP contribution in [-0.4, -0.2) is 11.9 Å². The summed E-state index contributed by atoms with van der Waals surface area (Å²) in [5, 5.41) is 3.23. The molecule has 0 saturated heterocycles. The van der Waals surface area contributed by atoms with Crippen molar-refractivity contribution >= 4 is 5.84 Å². The molecular weight excluding hydrogens is 172 g/mol. The fourth-order valence-corrected chi connectivity index (χ4v) is 1.35. The molecule has 1 unspecified atom stereocenters. The van der Waals surface area contributed by atoms with Gasteiger partial charge in [0.15, 0.2) is 0 Å². The van der Waals surface area contributed by atoms with E-state index in [1.54, 1.807) is 0 Å². The number of hydrogen-bond donors (Lipinski definition) is 1. The van der Waals surface area contributed by atoms with Gasteiger partial charge in [0.2, 0.25) is 0 Å². The smallest absolute Gasteiger partial charge is 0.0982 e. The molecule has 1 heterocycles. The van der Waals surface area contributed by atoms with Crippen LogP contribution < -0.4 is 5.32 Å². The highest BCUT2D eigenvalue weighted by atomic mass is 15.0. The van der Waals surface area contributed by atoms with Crippen molar-refractivity contribution in [2.24, 2.45) is 4.99 Å². The van der Waals surface area contributed by atoms with Crippen LogP contribution in [0.3, 0.4) is 0 Å². The number of nitrogens with zero attached hydrogens (tertiary/aromatic N) is 1. The third-order valence-corrected chi connectivity index (χ3v) is 2.05. The Morgan fingerprint density at radius 1 is 1.50 bits per heavy atom. The zero-order valence-corrected chi connectivity index (χ0v) is 9.12. The Labute approximate surface area is 86.1 Å². The first-order valence-electron chi connectivity index (χ1n) is 5.09. The van der Waals surface area contributed by atoms with Crippen molar-refractivity contribution in [3.05, 3.63) is 36.1 Å². The Morgan fingerprint density at radius 2 is 2.29 bits per heavy atom. The van der Waals surface area contributed by atoms with Gasteiger partial charge in [0, 0.05) is 5.70 Å². The van der Waals surface area contributed by atoms with Gasteiger partial charge in [0.1, 0.15) is 0 Å². The molecule has 14 heavy (non-hydrogen) atoms. The summed E-state index contributed by atoms with van der Waals surface area (Å²) in [6.07, 6.45) is 11.3. The molecule has 0 radical (unpaired) electrons. The molecule has 1 rings (SSSR count). The highest BCUT2D eigenvalue weighted by molar-refractivity contribution is 5.83. The number of nitrogens with one attached hydrogen (secondary N) is 1. The van der Waals surface area contributed by atoms with Gasteiger partial charge in [-0.25, -0.2) is 0 Å². The van der Waals surface area contributed by atoms with Crippen LogP contribution in [0.15, 0.2) is 41.1 Å². The lowest BCUT2D eigenvalue weighted by molar-refractivity contribution is 0.754. The largest absolute Gasteiger partial charge is 0.344 e. The zero-order chi connectivity index (χ0) is 10.4.